The highest BCUT2D eigenvalue weighted by Gasteiger charge is 2.30. The number of nitrogens with zero attached hydrogens (tertiary/aromatic N) is 2. The number of likely N-dealkylation sites (N-methyl/N-ethyl adjacent to an activating group) is 1. The molecule has 2 aromatic carbocycles. The fraction of sp³-hybridized carbons (Fsp3) is 0.278. The Hall–Kier alpha value is -3.29. The molecule has 8 nitrogen and oxygen atoms in total. The molecule has 0 unspecified atom stereocenters. The molecule has 0 fully saturated rings. The molecular formula is C18H19N3O5. The van der Waals surface area contributed by atoms with E-state index in [1.165, 1.54) is 19.2 Å². The minimum Gasteiger partial charge on any atom is -0.496 e. The molecule has 0 saturated heterocycles. The number of rotatable bonds is 5. The van der Waals surface area contributed by atoms with Gasteiger partial charge in [-0.15, -0.1) is 0 Å². The third-order valence-electron chi connectivity index (χ3n) is 4.24. The summed E-state index contributed by atoms with van der Waals surface area (Å²) >= 11 is 0. The van der Waals surface area contributed by atoms with Crippen molar-refractivity contribution in [2.45, 2.75) is 12.6 Å². The van der Waals surface area contributed by atoms with Gasteiger partial charge in [-0.2, -0.15) is 0 Å². The summed E-state index contributed by atoms with van der Waals surface area (Å²) in [5.74, 6) is 0.920. The summed E-state index contributed by atoms with van der Waals surface area (Å²) in [4.78, 5) is 24.7. The van der Waals surface area contributed by atoms with Gasteiger partial charge in [0.05, 0.1) is 24.3 Å². The van der Waals surface area contributed by atoms with Crippen molar-refractivity contribution in [1.29, 1.82) is 0 Å². The maximum Gasteiger partial charge on any atom is 0.270 e. The second kappa shape index (κ2) is 7.30. The standard InChI is InChI=1S/C18H19N3O5/c1-19-18(22)17-11-20(14-5-3-4-6-16(14)26-17)10-12-9-13(21(23)24)7-8-15(12)25-2/h3-9,17H,10-11H2,1-2H3,(H,19,22)/t17-/m0/s1. The number of carbonyl (C=O) groups is 1. The van der Waals surface area contributed by atoms with E-state index < -0.39 is 11.0 Å². The number of non-ortho nitro benzene ring substituents is 1. The van der Waals surface area contributed by atoms with Crippen LogP contribution in [0.1, 0.15) is 5.56 Å². The van der Waals surface area contributed by atoms with Crippen molar-refractivity contribution in [1.82, 2.24) is 5.32 Å². The van der Waals surface area contributed by atoms with Crippen LogP contribution in [0.5, 0.6) is 11.5 Å². The smallest absolute Gasteiger partial charge is 0.270 e. The summed E-state index contributed by atoms with van der Waals surface area (Å²) < 4.78 is 11.1. The molecule has 0 spiro atoms. The Morgan fingerprint density at radius 3 is 2.85 bits per heavy atom. The third kappa shape index (κ3) is 3.39. The molecule has 0 bridgehead atoms. The highest BCUT2D eigenvalue weighted by Crippen LogP contribution is 2.35. The zero-order valence-electron chi connectivity index (χ0n) is 14.5. The lowest BCUT2D eigenvalue weighted by molar-refractivity contribution is -0.384. The molecule has 1 heterocycles. The summed E-state index contributed by atoms with van der Waals surface area (Å²) in [6.07, 6.45) is -0.667. The first-order valence-corrected chi connectivity index (χ1v) is 8.07. The van der Waals surface area contributed by atoms with Crippen LogP contribution in [0.3, 0.4) is 0 Å². The number of fused-ring (bicyclic) bond motifs is 1. The molecule has 2 aromatic rings. The van der Waals surface area contributed by atoms with E-state index in [0.29, 0.717) is 30.2 Å². The number of amides is 1. The number of para-hydroxylation sites is 2. The van der Waals surface area contributed by atoms with Crippen LogP contribution in [0.4, 0.5) is 11.4 Å². The second-order valence-corrected chi connectivity index (χ2v) is 5.82. The summed E-state index contributed by atoms with van der Waals surface area (Å²) in [6.45, 7) is 0.668. The molecule has 1 amide bonds. The summed E-state index contributed by atoms with van der Waals surface area (Å²) in [7, 11) is 3.07. The zero-order chi connectivity index (χ0) is 18.7. The van der Waals surface area contributed by atoms with Crippen molar-refractivity contribution >= 4 is 17.3 Å². The Balaban J connectivity index is 1.96. The Kier molecular flexibility index (Phi) is 4.92. The summed E-state index contributed by atoms with van der Waals surface area (Å²) in [6, 6.07) is 11.9. The van der Waals surface area contributed by atoms with Crippen molar-refractivity contribution in [3.63, 3.8) is 0 Å². The zero-order valence-corrected chi connectivity index (χ0v) is 14.5. The number of nitro benzene ring substituents is 1. The molecular weight excluding hydrogens is 338 g/mol. The third-order valence-corrected chi connectivity index (χ3v) is 4.24. The number of hydrogen-bond donors (Lipinski definition) is 1. The largest absolute Gasteiger partial charge is 0.496 e. The van der Waals surface area contributed by atoms with Gasteiger partial charge < -0.3 is 19.7 Å². The maximum atomic E-state index is 12.1. The van der Waals surface area contributed by atoms with E-state index in [1.807, 2.05) is 23.1 Å². The molecule has 8 heteroatoms. The molecule has 26 heavy (non-hydrogen) atoms. The fourth-order valence-electron chi connectivity index (χ4n) is 2.96. The first kappa shape index (κ1) is 17.5. The Morgan fingerprint density at radius 1 is 1.38 bits per heavy atom. The molecule has 1 N–H and O–H groups in total. The normalized spacial score (nSPS) is 15.6. The van der Waals surface area contributed by atoms with E-state index in [0.717, 1.165) is 5.69 Å². The van der Waals surface area contributed by atoms with Crippen molar-refractivity contribution in [3.05, 3.63) is 58.1 Å². The number of methoxy groups -OCH3 is 1. The Bertz CT molecular complexity index is 839. The number of benzene rings is 2. The van der Waals surface area contributed by atoms with E-state index in [1.54, 1.807) is 19.2 Å². The van der Waals surface area contributed by atoms with E-state index in [9.17, 15) is 14.9 Å². The number of carbonyl (C=O) groups excluding carboxylic acids is 1. The maximum absolute atomic E-state index is 12.1. The van der Waals surface area contributed by atoms with E-state index in [4.69, 9.17) is 9.47 Å². The summed E-state index contributed by atoms with van der Waals surface area (Å²) in [5.41, 5.74) is 1.47. The average molecular weight is 357 g/mol. The molecule has 1 atom stereocenters. The number of nitro groups is 1. The number of ether oxygens (including phenoxy) is 2. The minimum atomic E-state index is -0.667. The SMILES string of the molecule is CNC(=O)[C@@H]1CN(Cc2cc([N+](=O)[O-])ccc2OC)c2ccccc2O1. The van der Waals surface area contributed by atoms with Crippen molar-refractivity contribution in [3.8, 4) is 11.5 Å². The quantitative estimate of drug-likeness (QED) is 0.651. The fourth-order valence-corrected chi connectivity index (χ4v) is 2.96. The van der Waals surface area contributed by atoms with Crippen molar-refractivity contribution in [2.75, 3.05) is 25.6 Å². The number of anilines is 1. The highest BCUT2D eigenvalue weighted by molar-refractivity contribution is 5.83. The molecule has 3 rings (SSSR count). The van der Waals surface area contributed by atoms with Gasteiger partial charge in [0.2, 0.25) is 0 Å². The van der Waals surface area contributed by atoms with E-state index in [2.05, 4.69) is 5.32 Å². The number of nitrogens with one attached hydrogen (secondary N) is 1. The van der Waals surface area contributed by atoms with Gasteiger partial charge in [0.1, 0.15) is 11.5 Å². The Labute approximate surface area is 150 Å². The van der Waals surface area contributed by atoms with Gasteiger partial charge in [-0.25, -0.2) is 0 Å². The number of hydrogen-bond acceptors (Lipinski definition) is 6. The van der Waals surface area contributed by atoms with Gasteiger partial charge in [-0.3, -0.25) is 14.9 Å². The van der Waals surface area contributed by atoms with Gasteiger partial charge in [-0.05, 0) is 18.2 Å². The van der Waals surface area contributed by atoms with E-state index in [-0.39, 0.29) is 11.6 Å². The monoisotopic (exact) mass is 357 g/mol. The van der Waals surface area contributed by atoms with E-state index >= 15 is 0 Å². The predicted molar refractivity (Wildman–Crippen MR) is 95.6 cm³/mol. The summed E-state index contributed by atoms with van der Waals surface area (Å²) in [5, 5.41) is 13.7. The molecule has 136 valence electrons. The first-order valence-electron chi connectivity index (χ1n) is 8.07. The van der Waals surface area contributed by atoms with Gasteiger partial charge in [0.25, 0.3) is 11.6 Å². The molecule has 0 aliphatic carbocycles. The topological polar surface area (TPSA) is 93.9 Å². The van der Waals surface area contributed by atoms with Crippen LogP contribution < -0.4 is 19.7 Å². The highest BCUT2D eigenvalue weighted by atomic mass is 16.6. The van der Waals surface area contributed by atoms with Crippen LogP contribution >= 0.6 is 0 Å². The molecule has 0 saturated carbocycles. The van der Waals surface area contributed by atoms with Gasteiger partial charge >= 0.3 is 0 Å². The molecule has 1 aliphatic heterocycles. The van der Waals surface area contributed by atoms with Gasteiger partial charge in [-0.1, -0.05) is 12.1 Å². The van der Waals surface area contributed by atoms with Crippen LogP contribution in [0.2, 0.25) is 0 Å². The first-order chi connectivity index (χ1) is 12.5. The van der Waals surface area contributed by atoms with Crippen LogP contribution in [0, 0.1) is 10.1 Å². The predicted octanol–water partition coefficient (Wildman–Crippen LogP) is 2.12. The van der Waals surface area contributed by atoms with Crippen LogP contribution in [0.25, 0.3) is 0 Å². The van der Waals surface area contributed by atoms with Crippen LogP contribution in [-0.2, 0) is 11.3 Å². The van der Waals surface area contributed by atoms with Gasteiger partial charge in [0.15, 0.2) is 6.10 Å². The molecule has 0 aromatic heterocycles. The van der Waals surface area contributed by atoms with Crippen molar-refractivity contribution < 1.29 is 19.2 Å². The second-order valence-electron chi connectivity index (χ2n) is 5.82. The average Bonchev–Trinajstić information content (AvgIpc) is 2.67. The van der Waals surface area contributed by atoms with Gasteiger partial charge in [0, 0.05) is 31.3 Å². The molecule has 1 aliphatic rings. The van der Waals surface area contributed by atoms with Crippen LogP contribution in [-0.4, -0.2) is 37.6 Å². The van der Waals surface area contributed by atoms with Crippen LogP contribution in [0.15, 0.2) is 42.5 Å². The minimum absolute atomic E-state index is 0.00908. The van der Waals surface area contributed by atoms with Crippen molar-refractivity contribution in [2.24, 2.45) is 0 Å². The lowest BCUT2D eigenvalue weighted by atomic mass is 10.1. The lowest BCUT2D eigenvalue weighted by Gasteiger charge is -2.35. The Morgan fingerprint density at radius 2 is 2.15 bits per heavy atom. The molecule has 0 radical (unpaired) electrons. The lowest BCUT2D eigenvalue weighted by Crippen LogP contribution is -2.47.